The summed E-state index contributed by atoms with van der Waals surface area (Å²) in [6, 6.07) is 0. The van der Waals surface area contributed by atoms with E-state index in [9.17, 15) is 13.6 Å². The van der Waals surface area contributed by atoms with Crippen molar-refractivity contribution in [3.8, 4) is 0 Å². The largest absolute Gasteiger partial charge is 0.390 e. The first-order chi connectivity index (χ1) is 9.75. The van der Waals surface area contributed by atoms with Crippen LogP contribution in [-0.4, -0.2) is 58.3 Å². The maximum atomic E-state index is 13.2. The Morgan fingerprint density at radius 3 is 2.86 bits per heavy atom. The average molecular weight is 303 g/mol. The highest BCUT2D eigenvalue weighted by molar-refractivity contribution is 5.94. The minimum absolute atomic E-state index is 0.0687. The van der Waals surface area contributed by atoms with Crippen molar-refractivity contribution < 1.29 is 23.4 Å². The molecular formula is C13H19F2N3O3. The van der Waals surface area contributed by atoms with E-state index in [1.165, 1.54) is 7.05 Å². The third-order valence-electron chi connectivity index (χ3n) is 3.48. The summed E-state index contributed by atoms with van der Waals surface area (Å²) in [5.41, 5.74) is 1.56. The van der Waals surface area contributed by atoms with E-state index >= 15 is 0 Å². The van der Waals surface area contributed by atoms with Crippen molar-refractivity contribution in [1.82, 2.24) is 15.1 Å². The number of nitrogens with one attached hydrogen (secondary N) is 1. The third kappa shape index (κ3) is 3.21. The van der Waals surface area contributed by atoms with Crippen LogP contribution >= 0.6 is 0 Å². The second kappa shape index (κ2) is 5.69. The lowest BCUT2D eigenvalue weighted by Crippen LogP contribution is -2.41. The number of halogens is 2. The molecule has 0 fully saturated rings. The Kier molecular flexibility index (Phi) is 4.29. The van der Waals surface area contributed by atoms with E-state index in [4.69, 9.17) is 9.84 Å². The van der Waals surface area contributed by atoms with Gasteiger partial charge in [-0.05, 0) is 13.8 Å². The zero-order chi connectivity index (χ0) is 15.8. The van der Waals surface area contributed by atoms with Crippen molar-refractivity contribution in [3.05, 3.63) is 17.0 Å². The van der Waals surface area contributed by atoms with Crippen LogP contribution in [0, 0.1) is 0 Å². The van der Waals surface area contributed by atoms with Crippen LogP contribution in [0.4, 0.5) is 8.78 Å². The summed E-state index contributed by atoms with van der Waals surface area (Å²) in [7, 11) is 1.26. The second-order valence-corrected chi connectivity index (χ2v) is 5.43. The molecule has 1 aliphatic heterocycles. The van der Waals surface area contributed by atoms with Gasteiger partial charge in [0.25, 0.3) is 11.8 Å². The molecule has 2 heterocycles. The fourth-order valence-electron chi connectivity index (χ4n) is 2.50. The highest BCUT2D eigenvalue weighted by atomic mass is 19.3. The fourth-order valence-corrected chi connectivity index (χ4v) is 2.50. The smallest absolute Gasteiger partial charge is 0.287 e. The Bertz CT molecular complexity index is 533. The summed E-state index contributed by atoms with van der Waals surface area (Å²) in [6.07, 6.45) is 0.212. The minimum Gasteiger partial charge on any atom is -0.390 e. The average Bonchev–Trinajstić information content (AvgIpc) is 2.81. The molecule has 2 N–H and O–H groups in total. The molecule has 118 valence electrons. The van der Waals surface area contributed by atoms with Crippen LogP contribution in [0.25, 0.3) is 0 Å². The molecule has 8 heteroatoms. The van der Waals surface area contributed by atoms with Crippen molar-refractivity contribution >= 4 is 5.91 Å². The van der Waals surface area contributed by atoms with Gasteiger partial charge in [-0.25, -0.2) is 8.78 Å². The summed E-state index contributed by atoms with van der Waals surface area (Å²) in [4.78, 5) is 13.1. The Labute approximate surface area is 121 Å². The summed E-state index contributed by atoms with van der Waals surface area (Å²) >= 11 is 0. The van der Waals surface area contributed by atoms with Gasteiger partial charge in [0.05, 0.1) is 24.4 Å². The van der Waals surface area contributed by atoms with Crippen LogP contribution in [-0.2, 0) is 11.2 Å². The standard InChI is InChI=1S/C13H19F2N3O3/c1-7-4-9-10(8(2)21-7)16-17-11(9)12(20)18(3)5-13(14,15)6-19/h7-8,19H,4-6H2,1-3H3,(H,16,17)/t7-,8+/m1/s1. The molecule has 0 saturated carbocycles. The van der Waals surface area contributed by atoms with E-state index < -0.39 is 25.0 Å². The van der Waals surface area contributed by atoms with Gasteiger partial charge in [-0.2, -0.15) is 5.10 Å². The highest BCUT2D eigenvalue weighted by Gasteiger charge is 2.35. The summed E-state index contributed by atoms with van der Waals surface area (Å²) in [6.45, 7) is 1.56. The summed E-state index contributed by atoms with van der Waals surface area (Å²) < 4.78 is 32.0. The van der Waals surface area contributed by atoms with Crippen molar-refractivity contribution in [2.45, 2.75) is 38.4 Å². The van der Waals surface area contributed by atoms with Crippen molar-refractivity contribution in [2.75, 3.05) is 20.2 Å². The van der Waals surface area contributed by atoms with E-state index in [1.807, 2.05) is 13.8 Å². The molecule has 1 aliphatic rings. The highest BCUT2D eigenvalue weighted by Crippen LogP contribution is 2.30. The molecule has 1 aromatic heterocycles. The predicted molar refractivity (Wildman–Crippen MR) is 70.2 cm³/mol. The van der Waals surface area contributed by atoms with E-state index in [2.05, 4.69) is 10.2 Å². The van der Waals surface area contributed by atoms with Gasteiger partial charge < -0.3 is 14.7 Å². The fraction of sp³-hybridized carbons (Fsp3) is 0.692. The molecule has 0 radical (unpaired) electrons. The van der Waals surface area contributed by atoms with Gasteiger partial charge >= 0.3 is 0 Å². The molecule has 0 unspecified atom stereocenters. The number of ether oxygens (including phenoxy) is 1. The van der Waals surface area contributed by atoms with Gasteiger partial charge in [-0.15, -0.1) is 0 Å². The lowest BCUT2D eigenvalue weighted by molar-refractivity contribution is -0.0643. The molecule has 0 aliphatic carbocycles. The third-order valence-corrected chi connectivity index (χ3v) is 3.48. The van der Waals surface area contributed by atoms with E-state index in [0.29, 0.717) is 17.7 Å². The van der Waals surface area contributed by atoms with Gasteiger partial charge in [0.15, 0.2) is 5.69 Å². The quantitative estimate of drug-likeness (QED) is 0.874. The number of carbonyl (C=O) groups excluding carboxylic acids is 1. The molecule has 2 rings (SSSR count). The number of aromatic amines is 1. The number of amides is 1. The van der Waals surface area contributed by atoms with Gasteiger partial charge in [0.2, 0.25) is 0 Å². The number of aliphatic hydroxyl groups is 1. The van der Waals surface area contributed by atoms with Crippen LogP contribution in [0.2, 0.25) is 0 Å². The van der Waals surface area contributed by atoms with Gasteiger partial charge in [-0.1, -0.05) is 0 Å². The van der Waals surface area contributed by atoms with Crippen LogP contribution in [0.15, 0.2) is 0 Å². The molecule has 6 nitrogen and oxygen atoms in total. The number of H-pyrrole nitrogens is 1. The predicted octanol–water partition coefficient (Wildman–Crippen LogP) is 1.13. The lowest BCUT2D eigenvalue weighted by atomic mass is 9.99. The van der Waals surface area contributed by atoms with Gasteiger partial charge in [0.1, 0.15) is 6.61 Å². The summed E-state index contributed by atoms with van der Waals surface area (Å²) in [5, 5.41) is 15.3. The minimum atomic E-state index is -3.33. The first-order valence-electron chi connectivity index (χ1n) is 6.72. The first kappa shape index (κ1) is 15.8. The maximum Gasteiger partial charge on any atom is 0.287 e. The van der Waals surface area contributed by atoms with Gasteiger partial charge in [0, 0.05) is 19.0 Å². The monoisotopic (exact) mass is 303 g/mol. The normalized spacial score (nSPS) is 22.0. The lowest BCUT2D eigenvalue weighted by Gasteiger charge is -2.26. The zero-order valence-corrected chi connectivity index (χ0v) is 12.2. The molecular weight excluding hydrogens is 284 g/mol. The maximum absolute atomic E-state index is 13.2. The molecule has 21 heavy (non-hydrogen) atoms. The van der Waals surface area contributed by atoms with E-state index in [1.54, 1.807) is 0 Å². The SMILES string of the molecule is C[C@@H]1Cc2c(C(=O)N(C)CC(F)(F)CO)n[nH]c2[C@H](C)O1. The Morgan fingerprint density at radius 2 is 2.24 bits per heavy atom. The van der Waals surface area contributed by atoms with Crippen LogP contribution in [0.3, 0.4) is 0 Å². The van der Waals surface area contributed by atoms with Crippen LogP contribution in [0.1, 0.15) is 41.7 Å². The van der Waals surface area contributed by atoms with Crippen molar-refractivity contribution in [2.24, 2.45) is 0 Å². The van der Waals surface area contributed by atoms with Crippen molar-refractivity contribution in [3.63, 3.8) is 0 Å². The second-order valence-electron chi connectivity index (χ2n) is 5.43. The Morgan fingerprint density at radius 1 is 1.57 bits per heavy atom. The molecule has 0 bridgehead atoms. The topological polar surface area (TPSA) is 78.5 Å². The summed E-state index contributed by atoms with van der Waals surface area (Å²) in [5.74, 6) is -3.92. The number of hydrogen-bond donors (Lipinski definition) is 2. The number of aliphatic hydroxyl groups excluding tert-OH is 1. The molecule has 1 aromatic rings. The van der Waals surface area contributed by atoms with E-state index in [0.717, 1.165) is 4.90 Å². The molecule has 0 aromatic carbocycles. The number of fused-ring (bicyclic) bond motifs is 1. The number of hydrogen-bond acceptors (Lipinski definition) is 4. The Balaban J connectivity index is 2.21. The number of carbonyl (C=O) groups is 1. The van der Waals surface area contributed by atoms with Gasteiger partial charge in [-0.3, -0.25) is 9.89 Å². The zero-order valence-electron chi connectivity index (χ0n) is 12.2. The number of alkyl halides is 2. The first-order valence-corrected chi connectivity index (χ1v) is 6.72. The van der Waals surface area contributed by atoms with E-state index in [-0.39, 0.29) is 17.9 Å². The van der Waals surface area contributed by atoms with Crippen LogP contribution < -0.4 is 0 Å². The number of rotatable bonds is 4. The van der Waals surface area contributed by atoms with Crippen molar-refractivity contribution in [1.29, 1.82) is 0 Å². The Hall–Kier alpha value is -1.54. The molecule has 0 spiro atoms. The molecule has 2 atom stereocenters. The molecule has 1 amide bonds. The van der Waals surface area contributed by atoms with Crippen LogP contribution in [0.5, 0.6) is 0 Å². The number of nitrogens with zero attached hydrogens (tertiary/aromatic N) is 2. The number of aromatic nitrogens is 2. The molecule has 0 saturated heterocycles.